The van der Waals surface area contributed by atoms with Crippen molar-refractivity contribution in [2.75, 3.05) is 25.2 Å². The lowest BCUT2D eigenvalue weighted by Gasteiger charge is -2.20. The molecule has 1 atom stereocenters. The van der Waals surface area contributed by atoms with Crippen molar-refractivity contribution in [1.29, 1.82) is 5.26 Å². The fourth-order valence-corrected chi connectivity index (χ4v) is 5.71. The molecule has 9 nitrogen and oxygen atoms in total. The number of hydrogen-bond donors (Lipinski definition) is 2. The molecule has 0 saturated heterocycles. The smallest absolute Gasteiger partial charge is 0.402 e. The van der Waals surface area contributed by atoms with E-state index in [1.807, 2.05) is 0 Å². The summed E-state index contributed by atoms with van der Waals surface area (Å²) >= 11 is 0.339. The van der Waals surface area contributed by atoms with Gasteiger partial charge < -0.3 is 19.9 Å². The molecule has 0 aliphatic carbocycles. The molecule has 0 bridgehead atoms. The lowest BCUT2D eigenvalue weighted by Crippen LogP contribution is -2.15. The first-order chi connectivity index (χ1) is 14.2. The third-order valence-corrected chi connectivity index (χ3v) is 8.01. The molecule has 14 heteroatoms. The Morgan fingerprint density at radius 2 is 2.06 bits per heavy atom. The molecule has 1 aromatic carbocycles. The first-order valence-electron chi connectivity index (χ1n) is 8.71. The highest BCUT2D eigenvalue weighted by Crippen LogP contribution is 2.65. The Kier molecular flexibility index (Phi) is 7.45. The number of halogens is 2. The number of ether oxygens (including phenoxy) is 1. The fourth-order valence-electron chi connectivity index (χ4n) is 2.63. The predicted octanol–water partition coefficient (Wildman–Crippen LogP) is 2.96. The molecule has 1 amide bonds. The molecule has 31 heavy (non-hydrogen) atoms. The zero-order chi connectivity index (χ0) is 23.6. The number of primary amides is 1. The average molecular weight is 496 g/mol. The normalized spacial score (nSPS) is 14.2. The minimum absolute atomic E-state index is 0.00655. The number of nitrogens with two attached hydrogens (primary N) is 1. The number of amides is 1. The van der Waals surface area contributed by atoms with Crippen molar-refractivity contribution >= 4 is 44.8 Å². The zero-order valence-corrected chi connectivity index (χ0v) is 19.0. The number of alkyl halides is 2. The summed E-state index contributed by atoms with van der Waals surface area (Å²) in [5.41, 5.74) is 0.0993. The van der Waals surface area contributed by atoms with Crippen LogP contribution in [0.1, 0.15) is 34.1 Å². The molecule has 0 aliphatic heterocycles. The van der Waals surface area contributed by atoms with Crippen molar-refractivity contribution in [3.63, 3.8) is 0 Å². The molecule has 1 unspecified atom stereocenters. The summed E-state index contributed by atoms with van der Waals surface area (Å²) in [7, 11) is -8.73. The van der Waals surface area contributed by atoms with Crippen LogP contribution in [0.25, 0.3) is 10.1 Å². The van der Waals surface area contributed by atoms with Gasteiger partial charge in [-0.3, -0.25) is 9.36 Å². The van der Waals surface area contributed by atoms with Crippen LogP contribution in [-0.2, 0) is 24.6 Å². The van der Waals surface area contributed by atoms with Crippen molar-refractivity contribution in [2.45, 2.75) is 19.0 Å². The van der Waals surface area contributed by atoms with Crippen LogP contribution in [0.3, 0.4) is 0 Å². The number of fused-ring (bicyclic) bond motifs is 1. The summed E-state index contributed by atoms with van der Waals surface area (Å²) in [5.74, 6) is -1.20. The summed E-state index contributed by atoms with van der Waals surface area (Å²) in [4.78, 5) is 20.4. The van der Waals surface area contributed by atoms with Gasteiger partial charge in [0.2, 0.25) is 5.91 Å². The van der Waals surface area contributed by atoms with E-state index in [1.54, 1.807) is 6.07 Å². The van der Waals surface area contributed by atoms with Gasteiger partial charge in [-0.05, 0) is 25.5 Å². The van der Waals surface area contributed by atoms with Gasteiger partial charge >= 0.3 is 13.3 Å². The second kappa shape index (κ2) is 9.18. The lowest BCUT2D eigenvalue weighted by atomic mass is 10.1. The van der Waals surface area contributed by atoms with Crippen LogP contribution >= 0.6 is 18.9 Å². The Bertz CT molecular complexity index is 1210. The van der Waals surface area contributed by atoms with Gasteiger partial charge in [-0.25, -0.2) is 8.42 Å². The summed E-state index contributed by atoms with van der Waals surface area (Å²) < 4.78 is 74.1. The highest BCUT2D eigenvalue weighted by Gasteiger charge is 2.55. The highest BCUT2D eigenvalue weighted by atomic mass is 32.2. The lowest BCUT2D eigenvalue weighted by molar-refractivity contribution is 0.0498. The maximum atomic E-state index is 14.9. The van der Waals surface area contributed by atoms with E-state index in [0.29, 0.717) is 11.3 Å². The van der Waals surface area contributed by atoms with Gasteiger partial charge in [0.15, 0.2) is 0 Å². The minimum Gasteiger partial charge on any atom is -0.492 e. The molecule has 1 aromatic heterocycles. The van der Waals surface area contributed by atoms with Crippen molar-refractivity contribution in [3.05, 3.63) is 28.1 Å². The van der Waals surface area contributed by atoms with E-state index < -0.39 is 46.1 Å². The molecular formula is C17H19F2N2O7PS2. The number of nitriles is 1. The number of hydrogen-bond acceptors (Lipinski definition) is 8. The van der Waals surface area contributed by atoms with Crippen molar-refractivity contribution in [1.82, 2.24) is 0 Å². The molecule has 1 heterocycles. The van der Waals surface area contributed by atoms with E-state index in [0.717, 1.165) is 12.3 Å². The van der Waals surface area contributed by atoms with Crippen LogP contribution < -0.4 is 10.5 Å². The second-order valence-corrected chi connectivity index (χ2v) is 11.6. The van der Waals surface area contributed by atoms with E-state index in [4.69, 9.17) is 10.5 Å². The van der Waals surface area contributed by atoms with Gasteiger partial charge in [0.25, 0.3) is 0 Å². The van der Waals surface area contributed by atoms with E-state index in [1.165, 1.54) is 13.0 Å². The monoisotopic (exact) mass is 496 g/mol. The first-order valence-corrected chi connectivity index (χ1v) is 13.2. The number of carbonyl (C=O) groups excluding carboxylic acids is 1. The largest absolute Gasteiger partial charge is 0.492 e. The van der Waals surface area contributed by atoms with Crippen LogP contribution in [0.5, 0.6) is 5.75 Å². The van der Waals surface area contributed by atoms with Crippen molar-refractivity contribution in [3.8, 4) is 11.8 Å². The van der Waals surface area contributed by atoms with Gasteiger partial charge in [-0.2, -0.15) is 14.0 Å². The Morgan fingerprint density at radius 1 is 1.42 bits per heavy atom. The molecule has 2 aromatic rings. The van der Waals surface area contributed by atoms with Crippen LogP contribution in [0.15, 0.2) is 12.1 Å². The Labute approximate surface area is 180 Å². The summed E-state index contributed by atoms with van der Waals surface area (Å²) in [6, 6.07) is 3.86. The number of rotatable bonds is 10. The number of nitrogens with zero attached hydrogens (tertiary/aromatic N) is 1. The third kappa shape index (κ3) is 5.39. The van der Waals surface area contributed by atoms with Gasteiger partial charge in [0.05, 0.1) is 29.2 Å². The zero-order valence-electron chi connectivity index (χ0n) is 16.4. The maximum Gasteiger partial charge on any atom is 0.402 e. The van der Waals surface area contributed by atoms with E-state index in [9.17, 15) is 36.7 Å². The predicted molar refractivity (Wildman–Crippen MR) is 110 cm³/mol. The van der Waals surface area contributed by atoms with Crippen LogP contribution in [0.4, 0.5) is 8.78 Å². The number of sulfone groups is 1. The summed E-state index contributed by atoms with van der Waals surface area (Å²) in [5, 5.41) is 9.36. The van der Waals surface area contributed by atoms with Crippen LogP contribution in [0, 0.1) is 11.3 Å². The summed E-state index contributed by atoms with van der Waals surface area (Å²) in [6.07, 6.45) is 1.12. The van der Waals surface area contributed by atoms with Crippen LogP contribution in [0.2, 0.25) is 0 Å². The van der Waals surface area contributed by atoms with Crippen LogP contribution in [-0.4, -0.2) is 44.4 Å². The molecule has 0 saturated carbocycles. The van der Waals surface area contributed by atoms with Gasteiger partial charge in [0.1, 0.15) is 26.5 Å². The fraction of sp³-hybridized carbons (Fsp3) is 0.412. The molecule has 170 valence electrons. The van der Waals surface area contributed by atoms with Crippen molar-refractivity contribution in [2.24, 2.45) is 5.73 Å². The topological polar surface area (TPSA) is 157 Å². The average Bonchev–Trinajstić information content (AvgIpc) is 3.03. The second-order valence-electron chi connectivity index (χ2n) is 6.44. The molecular weight excluding hydrogens is 477 g/mol. The molecule has 0 spiro atoms. The van der Waals surface area contributed by atoms with Crippen molar-refractivity contribution < 1.29 is 40.7 Å². The summed E-state index contributed by atoms with van der Waals surface area (Å²) in [6.45, 7) is 0.667. The van der Waals surface area contributed by atoms with Gasteiger partial charge in [-0.1, -0.05) is 0 Å². The highest BCUT2D eigenvalue weighted by molar-refractivity contribution is 7.90. The Balaban J connectivity index is 2.64. The SMILES string of the molecule is CCOP(=O)(O)C(F)(F)c1sc2c(OCCCS(C)(=O)=O)cc(C(N)=O)cc2c1C#N. The van der Waals surface area contributed by atoms with Gasteiger partial charge in [-0.15, -0.1) is 11.3 Å². The van der Waals surface area contributed by atoms with E-state index in [2.05, 4.69) is 4.52 Å². The standard InChI is InChI=1S/C17H19F2N2O7PS2/c1-3-28-29(23,24)17(18,19)15-12(9-20)11-7-10(16(21)22)8-13(14(11)30-15)27-5-4-6-31(2,25)26/h7-8H,3-6H2,1-2H3,(H2,21,22)(H,23,24). The molecule has 3 N–H and O–H groups in total. The molecule has 0 radical (unpaired) electrons. The molecule has 2 rings (SSSR count). The first kappa shape index (κ1) is 25.2. The maximum absolute atomic E-state index is 14.9. The van der Waals surface area contributed by atoms with Gasteiger partial charge in [0, 0.05) is 17.2 Å². The van der Waals surface area contributed by atoms with E-state index >= 15 is 0 Å². The number of benzene rings is 1. The molecule has 0 fully saturated rings. The number of carbonyl (C=O) groups is 1. The Hall–Kier alpha value is -2.10. The van der Waals surface area contributed by atoms with E-state index in [-0.39, 0.29) is 40.2 Å². The Morgan fingerprint density at radius 3 is 2.58 bits per heavy atom. The quantitative estimate of drug-likeness (QED) is 0.375. The molecule has 0 aliphatic rings. The number of thiophene rings is 1. The third-order valence-electron chi connectivity index (χ3n) is 4.00. The minimum atomic E-state index is -5.48.